The lowest BCUT2D eigenvalue weighted by Gasteiger charge is -2.06. The monoisotopic (exact) mass is 332 g/mol. The third-order valence-corrected chi connectivity index (χ3v) is 3.43. The zero-order valence-electron chi connectivity index (χ0n) is 12.2. The lowest BCUT2D eigenvalue weighted by Crippen LogP contribution is -2.07. The molecule has 0 unspecified atom stereocenters. The molecule has 2 aromatic carbocycles. The Bertz CT molecular complexity index is 772. The maximum absolute atomic E-state index is 12.3. The van der Waals surface area contributed by atoms with Crippen molar-refractivity contribution in [3.05, 3.63) is 68.7 Å². The van der Waals surface area contributed by atoms with Crippen LogP contribution in [0.2, 0.25) is 5.02 Å². The van der Waals surface area contributed by atoms with Gasteiger partial charge in [-0.2, -0.15) is 0 Å². The van der Waals surface area contributed by atoms with E-state index in [1.807, 2.05) is 0 Å². The highest BCUT2D eigenvalue weighted by Gasteiger charge is 2.16. The Labute approximate surface area is 137 Å². The van der Waals surface area contributed by atoms with Crippen LogP contribution in [0.1, 0.15) is 22.8 Å². The van der Waals surface area contributed by atoms with Gasteiger partial charge in [0.2, 0.25) is 5.91 Å². The highest BCUT2D eigenvalue weighted by molar-refractivity contribution is 6.34. The first-order chi connectivity index (χ1) is 10.9. The molecule has 2 rings (SSSR count). The molecule has 7 heteroatoms. The number of amides is 1. The zero-order chi connectivity index (χ0) is 17.0. The van der Waals surface area contributed by atoms with Gasteiger partial charge in [-0.1, -0.05) is 23.7 Å². The summed E-state index contributed by atoms with van der Waals surface area (Å²) >= 11 is 5.95. The van der Waals surface area contributed by atoms with Crippen LogP contribution in [0, 0.1) is 10.1 Å². The molecule has 6 nitrogen and oxygen atoms in total. The minimum absolute atomic E-state index is 0.0568. The molecule has 0 fully saturated rings. The highest BCUT2D eigenvalue weighted by Crippen LogP contribution is 2.23. The number of carbonyl (C=O) groups is 2. The van der Waals surface area contributed by atoms with E-state index < -0.39 is 4.92 Å². The van der Waals surface area contributed by atoms with Gasteiger partial charge in [-0.25, -0.2) is 0 Å². The maximum Gasteiger partial charge on any atom is 0.270 e. The normalized spacial score (nSPS) is 10.2. The van der Waals surface area contributed by atoms with Gasteiger partial charge in [-0.05, 0) is 23.8 Å². The number of ketones is 1. The van der Waals surface area contributed by atoms with E-state index in [1.54, 1.807) is 24.3 Å². The second-order valence-corrected chi connectivity index (χ2v) is 5.31. The third-order valence-electron chi connectivity index (χ3n) is 3.10. The topological polar surface area (TPSA) is 89.3 Å². The first kappa shape index (κ1) is 16.6. The standard InChI is InChI=1S/C16H13ClN2O4/c1-10(20)18-12-4-2-11(3-5-12)8-16(21)14-9-13(19(22)23)6-7-15(14)17/h2-7,9H,8H2,1H3,(H,18,20). The molecule has 0 saturated carbocycles. The Morgan fingerprint density at radius 3 is 2.39 bits per heavy atom. The van der Waals surface area contributed by atoms with Crippen molar-refractivity contribution in [3.63, 3.8) is 0 Å². The van der Waals surface area contributed by atoms with E-state index in [0.717, 1.165) is 0 Å². The molecule has 0 atom stereocenters. The van der Waals surface area contributed by atoms with E-state index >= 15 is 0 Å². The largest absolute Gasteiger partial charge is 0.326 e. The number of hydrogen-bond donors (Lipinski definition) is 1. The molecule has 0 bridgehead atoms. The van der Waals surface area contributed by atoms with E-state index in [0.29, 0.717) is 11.3 Å². The van der Waals surface area contributed by atoms with Crippen LogP contribution in [0.3, 0.4) is 0 Å². The summed E-state index contributed by atoms with van der Waals surface area (Å²) in [5, 5.41) is 13.6. The van der Waals surface area contributed by atoms with Crippen LogP contribution in [0.15, 0.2) is 42.5 Å². The highest BCUT2D eigenvalue weighted by atomic mass is 35.5. The maximum atomic E-state index is 12.3. The van der Waals surface area contributed by atoms with Gasteiger partial charge in [-0.3, -0.25) is 19.7 Å². The molecule has 23 heavy (non-hydrogen) atoms. The third kappa shape index (κ3) is 4.37. The molecule has 1 N–H and O–H groups in total. The van der Waals surface area contributed by atoms with Crippen LogP contribution < -0.4 is 5.32 Å². The average Bonchev–Trinajstić information content (AvgIpc) is 2.48. The number of hydrogen-bond acceptors (Lipinski definition) is 4. The SMILES string of the molecule is CC(=O)Nc1ccc(CC(=O)c2cc([N+](=O)[O-])ccc2Cl)cc1. The molecule has 118 valence electrons. The van der Waals surface area contributed by atoms with Crippen molar-refractivity contribution in [2.75, 3.05) is 5.32 Å². The van der Waals surface area contributed by atoms with Crippen LogP contribution in [-0.2, 0) is 11.2 Å². The minimum atomic E-state index is -0.574. The van der Waals surface area contributed by atoms with Gasteiger partial charge in [0, 0.05) is 36.7 Å². The zero-order valence-corrected chi connectivity index (χ0v) is 13.0. The van der Waals surface area contributed by atoms with E-state index in [1.165, 1.54) is 25.1 Å². The lowest BCUT2D eigenvalue weighted by molar-refractivity contribution is -0.384. The predicted molar refractivity (Wildman–Crippen MR) is 86.9 cm³/mol. The second-order valence-electron chi connectivity index (χ2n) is 4.90. The smallest absolute Gasteiger partial charge is 0.270 e. The van der Waals surface area contributed by atoms with Gasteiger partial charge in [0.05, 0.1) is 9.95 Å². The van der Waals surface area contributed by atoms with Crippen LogP contribution in [0.25, 0.3) is 0 Å². The molecular weight excluding hydrogens is 320 g/mol. The summed E-state index contributed by atoms with van der Waals surface area (Å²) in [6.07, 6.45) is 0.0568. The molecule has 0 aliphatic rings. The van der Waals surface area contributed by atoms with Crippen molar-refractivity contribution < 1.29 is 14.5 Å². The summed E-state index contributed by atoms with van der Waals surface area (Å²) in [4.78, 5) is 33.5. The number of nitrogens with zero attached hydrogens (tertiary/aromatic N) is 1. The molecule has 0 saturated heterocycles. The molecule has 1 amide bonds. The number of nitro groups is 1. The first-order valence-corrected chi connectivity index (χ1v) is 7.08. The fourth-order valence-corrected chi connectivity index (χ4v) is 2.25. The number of halogens is 1. The number of nitrogens with one attached hydrogen (secondary N) is 1. The number of nitro benzene ring substituents is 1. The average molecular weight is 333 g/mol. The number of anilines is 1. The molecule has 0 aliphatic heterocycles. The van der Waals surface area contributed by atoms with Gasteiger partial charge >= 0.3 is 0 Å². The van der Waals surface area contributed by atoms with Crippen LogP contribution >= 0.6 is 11.6 Å². The first-order valence-electron chi connectivity index (χ1n) is 6.70. The summed E-state index contributed by atoms with van der Waals surface area (Å²) in [7, 11) is 0. The minimum Gasteiger partial charge on any atom is -0.326 e. The van der Waals surface area contributed by atoms with Crippen LogP contribution in [0.5, 0.6) is 0 Å². The van der Waals surface area contributed by atoms with Crippen molar-refractivity contribution in [1.29, 1.82) is 0 Å². The van der Waals surface area contributed by atoms with E-state index in [2.05, 4.69) is 5.32 Å². The van der Waals surface area contributed by atoms with Crippen LogP contribution in [0.4, 0.5) is 11.4 Å². The van der Waals surface area contributed by atoms with Gasteiger partial charge in [0.1, 0.15) is 0 Å². The van der Waals surface area contributed by atoms with Crippen molar-refractivity contribution in [3.8, 4) is 0 Å². The van der Waals surface area contributed by atoms with E-state index in [9.17, 15) is 19.7 Å². The summed E-state index contributed by atoms with van der Waals surface area (Å²) < 4.78 is 0. The molecule has 0 aromatic heterocycles. The summed E-state index contributed by atoms with van der Waals surface area (Å²) in [6, 6.07) is 10.5. The Kier molecular flexibility index (Phi) is 5.08. The second kappa shape index (κ2) is 7.02. The quantitative estimate of drug-likeness (QED) is 0.514. The van der Waals surface area contributed by atoms with Gasteiger partial charge in [0.15, 0.2) is 5.78 Å². The molecule has 0 heterocycles. The summed E-state index contributed by atoms with van der Waals surface area (Å²) in [5.41, 5.74) is 1.28. The fraction of sp³-hybridized carbons (Fsp3) is 0.125. The Morgan fingerprint density at radius 1 is 1.17 bits per heavy atom. The summed E-state index contributed by atoms with van der Waals surface area (Å²) in [6.45, 7) is 1.40. The number of carbonyl (C=O) groups excluding carboxylic acids is 2. The number of Topliss-reactive ketones (excluding diaryl/α,β-unsaturated/α-hetero) is 1. The number of benzene rings is 2. The molecule has 2 aromatic rings. The van der Waals surface area contributed by atoms with Crippen molar-refractivity contribution in [2.24, 2.45) is 0 Å². The Morgan fingerprint density at radius 2 is 1.83 bits per heavy atom. The van der Waals surface area contributed by atoms with Gasteiger partial charge < -0.3 is 5.32 Å². The number of rotatable bonds is 5. The van der Waals surface area contributed by atoms with E-state index in [4.69, 9.17) is 11.6 Å². The van der Waals surface area contributed by atoms with Crippen LogP contribution in [-0.4, -0.2) is 16.6 Å². The Balaban J connectivity index is 2.17. The molecule has 0 spiro atoms. The Hall–Kier alpha value is -2.73. The predicted octanol–water partition coefficient (Wildman–Crippen LogP) is 3.63. The molecule has 0 radical (unpaired) electrons. The van der Waals surface area contributed by atoms with Crippen molar-refractivity contribution >= 4 is 34.7 Å². The fourth-order valence-electron chi connectivity index (χ4n) is 2.03. The molecule has 0 aliphatic carbocycles. The van der Waals surface area contributed by atoms with Gasteiger partial charge in [-0.15, -0.1) is 0 Å². The van der Waals surface area contributed by atoms with E-state index in [-0.39, 0.29) is 34.4 Å². The lowest BCUT2D eigenvalue weighted by atomic mass is 10.0. The van der Waals surface area contributed by atoms with Gasteiger partial charge in [0.25, 0.3) is 5.69 Å². The number of non-ortho nitro benzene ring substituents is 1. The van der Waals surface area contributed by atoms with Crippen molar-refractivity contribution in [1.82, 2.24) is 0 Å². The van der Waals surface area contributed by atoms with Crippen molar-refractivity contribution in [2.45, 2.75) is 13.3 Å². The summed E-state index contributed by atoms with van der Waals surface area (Å²) in [5.74, 6) is -0.497. The molecular formula is C16H13ClN2O4.